The minimum Gasteiger partial charge on any atom is -0.349 e. The summed E-state index contributed by atoms with van der Waals surface area (Å²) in [6.45, 7) is 2.68. The van der Waals surface area contributed by atoms with Crippen LogP contribution in [-0.4, -0.2) is 37.5 Å². The molecule has 0 bridgehead atoms. The normalized spacial score (nSPS) is 12.2. The van der Waals surface area contributed by atoms with Crippen LogP contribution >= 0.6 is 0 Å². The zero-order valence-corrected chi connectivity index (χ0v) is 11.2. The van der Waals surface area contributed by atoms with Gasteiger partial charge in [0.25, 0.3) is 0 Å². The van der Waals surface area contributed by atoms with Gasteiger partial charge in [-0.25, -0.2) is 4.39 Å². The molecule has 1 N–H and O–H groups in total. The fraction of sp³-hybridized carbons (Fsp3) is 0.500. The second-order valence-corrected chi connectivity index (χ2v) is 4.73. The Bertz CT molecular complexity index is 393. The number of nitrogens with one attached hydrogen (secondary N) is 1. The molecule has 1 aromatic rings. The molecule has 1 unspecified atom stereocenters. The van der Waals surface area contributed by atoms with Crippen LogP contribution in [0.3, 0.4) is 0 Å². The van der Waals surface area contributed by atoms with Gasteiger partial charge in [-0.1, -0.05) is 12.1 Å². The van der Waals surface area contributed by atoms with Crippen LogP contribution in [0.1, 0.15) is 18.9 Å². The second kappa shape index (κ2) is 7.11. The molecule has 0 heterocycles. The fourth-order valence-electron chi connectivity index (χ4n) is 1.74. The van der Waals surface area contributed by atoms with E-state index in [1.165, 1.54) is 6.07 Å². The topological polar surface area (TPSA) is 32.3 Å². The first-order valence-electron chi connectivity index (χ1n) is 6.17. The molecule has 18 heavy (non-hydrogen) atoms. The number of rotatable bonds is 6. The van der Waals surface area contributed by atoms with Crippen molar-refractivity contribution in [2.24, 2.45) is 0 Å². The molecule has 0 saturated heterocycles. The van der Waals surface area contributed by atoms with Crippen LogP contribution in [0.2, 0.25) is 0 Å². The van der Waals surface area contributed by atoms with Gasteiger partial charge in [0.2, 0.25) is 5.91 Å². The zero-order valence-electron chi connectivity index (χ0n) is 11.2. The molecule has 0 aliphatic rings. The predicted molar refractivity (Wildman–Crippen MR) is 70.9 cm³/mol. The first-order valence-corrected chi connectivity index (χ1v) is 6.17. The molecule has 3 nitrogen and oxygen atoms in total. The van der Waals surface area contributed by atoms with E-state index in [9.17, 15) is 9.18 Å². The summed E-state index contributed by atoms with van der Waals surface area (Å²) in [4.78, 5) is 12.9. The van der Waals surface area contributed by atoms with E-state index in [1.807, 2.05) is 13.0 Å². The Kier molecular flexibility index (Phi) is 5.78. The van der Waals surface area contributed by atoms with Crippen molar-refractivity contribution < 1.29 is 9.18 Å². The van der Waals surface area contributed by atoms with E-state index < -0.39 is 0 Å². The van der Waals surface area contributed by atoms with E-state index in [2.05, 4.69) is 5.32 Å². The minimum absolute atomic E-state index is 0.112. The molecule has 4 heteroatoms. The second-order valence-electron chi connectivity index (χ2n) is 4.73. The Labute approximate surface area is 108 Å². The molecule has 0 aromatic heterocycles. The lowest BCUT2D eigenvalue weighted by molar-refractivity contribution is -0.128. The third-order valence-electron chi connectivity index (χ3n) is 2.76. The first-order chi connectivity index (χ1) is 8.49. The van der Waals surface area contributed by atoms with Gasteiger partial charge < -0.3 is 10.2 Å². The molecule has 1 rings (SSSR count). The molecule has 0 saturated carbocycles. The van der Waals surface area contributed by atoms with E-state index >= 15 is 0 Å². The number of benzene rings is 1. The quantitative estimate of drug-likeness (QED) is 0.837. The van der Waals surface area contributed by atoms with Gasteiger partial charge in [-0.2, -0.15) is 0 Å². The van der Waals surface area contributed by atoms with Crippen molar-refractivity contribution in [3.05, 3.63) is 35.6 Å². The molecule has 0 fully saturated rings. The molecule has 1 amide bonds. The Morgan fingerprint density at radius 2 is 2.17 bits per heavy atom. The molecular weight excluding hydrogens is 231 g/mol. The van der Waals surface area contributed by atoms with Crippen molar-refractivity contribution >= 4 is 5.91 Å². The van der Waals surface area contributed by atoms with Gasteiger partial charge in [-0.3, -0.25) is 4.79 Å². The summed E-state index contributed by atoms with van der Waals surface area (Å²) in [7, 11) is 3.50. The summed E-state index contributed by atoms with van der Waals surface area (Å²) >= 11 is 0. The standard InChI is InChI=1S/C14H21FN2O/c1-11(16-8-7-14(18)17(2)3)9-12-5-4-6-13(15)10-12/h4-6,10-11,16H,7-9H2,1-3H3. The highest BCUT2D eigenvalue weighted by molar-refractivity contribution is 5.75. The molecular formula is C14H21FN2O. The van der Waals surface area contributed by atoms with Crippen molar-refractivity contribution in [1.82, 2.24) is 10.2 Å². The van der Waals surface area contributed by atoms with Crippen LogP contribution in [0.15, 0.2) is 24.3 Å². The molecule has 0 radical (unpaired) electrons. The lowest BCUT2D eigenvalue weighted by atomic mass is 10.1. The number of hydrogen-bond donors (Lipinski definition) is 1. The summed E-state index contributed by atoms with van der Waals surface area (Å²) in [5.41, 5.74) is 0.967. The van der Waals surface area contributed by atoms with Gasteiger partial charge in [-0.05, 0) is 31.0 Å². The minimum atomic E-state index is -0.206. The lowest BCUT2D eigenvalue weighted by Crippen LogP contribution is -2.32. The maximum absolute atomic E-state index is 13.0. The van der Waals surface area contributed by atoms with Gasteiger partial charge >= 0.3 is 0 Å². The van der Waals surface area contributed by atoms with Crippen LogP contribution in [0, 0.1) is 5.82 Å². The average Bonchev–Trinajstić information content (AvgIpc) is 2.28. The number of nitrogens with zero attached hydrogens (tertiary/aromatic N) is 1. The van der Waals surface area contributed by atoms with Crippen molar-refractivity contribution in [3.8, 4) is 0 Å². The summed E-state index contributed by atoms with van der Waals surface area (Å²) < 4.78 is 13.0. The maximum Gasteiger partial charge on any atom is 0.223 e. The Balaban J connectivity index is 2.30. The Morgan fingerprint density at radius 3 is 2.78 bits per heavy atom. The van der Waals surface area contributed by atoms with E-state index in [0.29, 0.717) is 13.0 Å². The van der Waals surface area contributed by atoms with Crippen LogP contribution in [0.5, 0.6) is 0 Å². The summed E-state index contributed by atoms with van der Waals surface area (Å²) in [6.07, 6.45) is 1.24. The van der Waals surface area contributed by atoms with Crippen molar-refractivity contribution in [3.63, 3.8) is 0 Å². The van der Waals surface area contributed by atoms with E-state index in [0.717, 1.165) is 12.0 Å². The number of amides is 1. The highest BCUT2D eigenvalue weighted by Crippen LogP contribution is 2.06. The maximum atomic E-state index is 13.0. The van der Waals surface area contributed by atoms with Crippen LogP contribution in [0.25, 0.3) is 0 Å². The molecule has 0 spiro atoms. The van der Waals surface area contributed by atoms with Crippen LogP contribution < -0.4 is 5.32 Å². The van der Waals surface area contributed by atoms with Crippen LogP contribution in [-0.2, 0) is 11.2 Å². The summed E-state index contributed by atoms with van der Waals surface area (Å²) in [5.74, 6) is -0.0945. The lowest BCUT2D eigenvalue weighted by Gasteiger charge is -2.15. The average molecular weight is 252 g/mol. The monoisotopic (exact) mass is 252 g/mol. The Hall–Kier alpha value is -1.42. The Morgan fingerprint density at radius 1 is 1.44 bits per heavy atom. The predicted octanol–water partition coefficient (Wildman–Crippen LogP) is 1.82. The molecule has 1 aromatic carbocycles. The molecule has 0 aliphatic carbocycles. The van der Waals surface area contributed by atoms with Crippen molar-refractivity contribution in [1.29, 1.82) is 0 Å². The van der Waals surface area contributed by atoms with Gasteiger partial charge in [-0.15, -0.1) is 0 Å². The highest BCUT2D eigenvalue weighted by Gasteiger charge is 2.06. The van der Waals surface area contributed by atoms with Crippen LogP contribution in [0.4, 0.5) is 4.39 Å². The molecule has 0 aliphatic heterocycles. The highest BCUT2D eigenvalue weighted by atomic mass is 19.1. The van der Waals surface area contributed by atoms with Gasteiger partial charge in [0, 0.05) is 33.1 Å². The largest absolute Gasteiger partial charge is 0.349 e. The van der Waals surface area contributed by atoms with Crippen molar-refractivity contribution in [2.75, 3.05) is 20.6 Å². The van der Waals surface area contributed by atoms with Gasteiger partial charge in [0.05, 0.1) is 0 Å². The molecule has 1 atom stereocenters. The third kappa shape index (κ3) is 5.27. The number of hydrogen-bond acceptors (Lipinski definition) is 2. The number of carbonyl (C=O) groups is 1. The SMILES string of the molecule is CC(Cc1cccc(F)c1)NCCC(=O)N(C)C. The first kappa shape index (κ1) is 14.6. The number of halogens is 1. The fourth-order valence-corrected chi connectivity index (χ4v) is 1.74. The van der Waals surface area contributed by atoms with Crippen molar-refractivity contribution in [2.45, 2.75) is 25.8 Å². The third-order valence-corrected chi connectivity index (χ3v) is 2.76. The smallest absolute Gasteiger partial charge is 0.223 e. The van der Waals surface area contributed by atoms with E-state index in [4.69, 9.17) is 0 Å². The van der Waals surface area contributed by atoms with Gasteiger partial charge in [0.1, 0.15) is 5.82 Å². The summed E-state index contributed by atoms with van der Waals surface area (Å²) in [6, 6.07) is 6.83. The number of carbonyl (C=O) groups excluding carboxylic acids is 1. The zero-order chi connectivity index (χ0) is 13.5. The molecule has 100 valence electrons. The summed E-state index contributed by atoms with van der Waals surface area (Å²) in [5, 5.41) is 3.27. The van der Waals surface area contributed by atoms with E-state index in [-0.39, 0.29) is 17.8 Å². The van der Waals surface area contributed by atoms with E-state index in [1.54, 1.807) is 31.1 Å². The van der Waals surface area contributed by atoms with Gasteiger partial charge in [0.15, 0.2) is 0 Å².